The zero-order valence-corrected chi connectivity index (χ0v) is 14.4. The Morgan fingerprint density at radius 2 is 1.92 bits per heavy atom. The lowest BCUT2D eigenvalue weighted by molar-refractivity contribution is -0.111. The van der Waals surface area contributed by atoms with Crippen LogP contribution in [0.25, 0.3) is 6.08 Å². The smallest absolute Gasteiger partial charge is 0.341 e. The lowest BCUT2D eigenvalue weighted by Gasteiger charge is -2.04. The molecule has 0 unspecified atom stereocenters. The molecule has 0 aliphatic rings. The average Bonchev–Trinajstić information content (AvgIpc) is 2.86. The Labute approximate surface area is 144 Å². The van der Waals surface area contributed by atoms with Crippen molar-refractivity contribution >= 4 is 34.3 Å². The number of hydrogen-bond donors (Lipinski definition) is 1. The average molecular weight is 340 g/mol. The van der Waals surface area contributed by atoms with Crippen LogP contribution in [0.1, 0.15) is 31.9 Å². The first kappa shape index (κ1) is 17.4. The third kappa shape index (κ3) is 3.89. The highest BCUT2D eigenvalue weighted by Crippen LogP contribution is 2.32. The molecular weight excluding hydrogens is 324 g/mol. The van der Waals surface area contributed by atoms with Gasteiger partial charge >= 0.3 is 5.97 Å². The molecular formula is C18H16N2O3S. The predicted molar refractivity (Wildman–Crippen MR) is 94.0 cm³/mol. The van der Waals surface area contributed by atoms with E-state index in [2.05, 4.69) is 5.32 Å². The number of ether oxygens (including phenoxy) is 1. The lowest BCUT2D eigenvalue weighted by Crippen LogP contribution is -2.11. The molecule has 24 heavy (non-hydrogen) atoms. The molecule has 1 N–H and O–H groups in total. The van der Waals surface area contributed by atoms with E-state index in [-0.39, 0.29) is 5.91 Å². The van der Waals surface area contributed by atoms with E-state index in [4.69, 9.17) is 10.00 Å². The number of hydrogen-bond acceptors (Lipinski definition) is 5. The van der Waals surface area contributed by atoms with Gasteiger partial charge in [-0.05, 0) is 43.2 Å². The van der Waals surface area contributed by atoms with Crippen molar-refractivity contribution in [3.05, 3.63) is 57.5 Å². The van der Waals surface area contributed by atoms with Crippen molar-refractivity contribution in [2.24, 2.45) is 0 Å². The summed E-state index contributed by atoms with van der Waals surface area (Å²) in [5.74, 6) is -0.811. The number of anilines is 1. The number of esters is 1. The first-order valence-corrected chi connectivity index (χ1v) is 7.95. The van der Waals surface area contributed by atoms with Crippen LogP contribution in [0.4, 0.5) is 5.00 Å². The first-order chi connectivity index (χ1) is 11.5. The monoisotopic (exact) mass is 340 g/mol. The van der Waals surface area contributed by atoms with E-state index in [0.29, 0.717) is 16.1 Å². The van der Waals surface area contributed by atoms with Gasteiger partial charge in [0.05, 0.1) is 24.3 Å². The zero-order valence-electron chi connectivity index (χ0n) is 13.5. The number of amides is 1. The maximum atomic E-state index is 12.1. The van der Waals surface area contributed by atoms with Crippen LogP contribution in [-0.4, -0.2) is 19.0 Å². The Hall–Kier alpha value is -2.91. The van der Waals surface area contributed by atoms with E-state index in [1.807, 2.05) is 19.9 Å². The van der Waals surface area contributed by atoms with Crippen LogP contribution < -0.4 is 5.32 Å². The summed E-state index contributed by atoms with van der Waals surface area (Å²) in [6, 6.07) is 8.90. The van der Waals surface area contributed by atoms with E-state index in [1.54, 1.807) is 30.3 Å². The highest BCUT2D eigenvalue weighted by Gasteiger charge is 2.20. The number of nitrogens with zero attached hydrogens (tertiary/aromatic N) is 1. The Morgan fingerprint density at radius 3 is 2.50 bits per heavy atom. The molecule has 6 heteroatoms. The predicted octanol–water partition coefficient (Wildman–Crippen LogP) is 3.68. The molecule has 0 aliphatic heterocycles. The maximum Gasteiger partial charge on any atom is 0.341 e. The topological polar surface area (TPSA) is 79.2 Å². The summed E-state index contributed by atoms with van der Waals surface area (Å²) in [7, 11) is 1.31. The SMILES string of the molecule is COC(=O)c1c(NC(=O)/C=C/c2ccc(C#N)cc2)sc(C)c1C. The molecule has 1 aromatic carbocycles. The number of rotatable bonds is 4. The number of carbonyl (C=O) groups excluding carboxylic acids is 2. The van der Waals surface area contributed by atoms with Crippen LogP contribution in [0.2, 0.25) is 0 Å². The molecule has 0 atom stereocenters. The fourth-order valence-corrected chi connectivity index (χ4v) is 3.11. The molecule has 0 saturated carbocycles. The van der Waals surface area contributed by atoms with Crippen LogP contribution in [0.3, 0.4) is 0 Å². The Kier molecular flexibility index (Phi) is 5.51. The molecule has 0 aliphatic carbocycles. The van der Waals surface area contributed by atoms with Gasteiger partial charge in [-0.25, -0.2) is 4.79 Å². The molecule has 5 nitrogen and oxygen atoms in total. The van der Waals surface area contributed by atoms with E-state index >= 15 is 0 Å². The summed E-state index contributed by atoms with van der Waals surface area (Å²) in [5.41, 5.74) is 2.55. The van der Waals surface area contributed by atoms with E-state index in [1.165, 1.54) is 24.5 Å². The third-order valence-electron chi connectivity index (χ3n) is 3.48. The fraction of sp³-hybridized carbons (Fsp3) is 0.167. The maximum absolute atomic E-state index is 12.1. The van der Waals surface area contributed by atoms with Crippen LogP contribution in [0.15, 0.2) is 30.3 Å². The summed E-state index contributed by atoms with van der Waals surface area (Å²) >= 11 is 1.34. The van der Waals surface area contributed by atoms with Gasteiger partial charge in [0.25, 0.3) is 0 Å². The van der Waals surface area contributed by atoms with Gasteiger partial charge in [0.15, 0.2) is 0 Å². The second kappa shape index (κ2) is 7.57. The molecule has 2 rings (SSSR count). The van der Waals surface area contributed by atoms with Crippen molar-refractivity contribution in [2.45, 2.75) is 13.8 Å². The third-order valence-corrected chi connectivity index (χ3v) is 4.60. The van der Waals surface area contributed by atoms with Crippen molar-refractivity contribution in [2.75, 3.05) is 12.4 Å². The highest BCUT2D eigenvalue weighted by molar-refractivity contribution is 7.16. The van der Waals surface area contributed by atoms with Crippen LogP contribution in [-0.2, 0) is 9.53 Å². The number of nitriles is 1. The van der Waals surface area contributed by atoms with Crippen LogP contribution in [0, 0.1) is 25.2 Å². The normalized spacial score (nSPS) is 10.4. The molecule has 0 radical (unpaired) electrons. The summed E-state index contributed by atoms with van der Waals surface area (Å²) in [4.78, 5) is 24.9. The first-order valence-electron chi connectivity index (χ1n) is 7.13. The van der Waals surface area contributed by atoms with Gasteiger partial charge in [0.1, 0.15) is 5.00 Å². The second-order valence-corrected chi connectivity index (χ2v) is 6.26. The van der Waals surface area contributed by atoms with Gasteiger partial charge in [-0.2, -0.15) is 5.26 Å². The van der Waals surface area contributed by atoms with Gasteiger partial charge in [0.2, 0.25) is 5.91 Å². The molecule has 0 saturated heterocycles. The highest BCUT2D eigenvalue weighted by atomic mass is 32.1. The van der Waals surface area contributed by atoms with E-state index in [0.717, 1.165) is 16.0 Å². The van der Waals surface area contributed by atoms with Crippen molar-refractivity contribution in [3.63, 3.8) is 0 Å². The van der Waals surface area contributed by atoms with Crippen molar-refractivity contribution in [3.8, 4) is 6.07 Å². The summed E-state index contributed by atoms with van der Waals surface area (Å²) < 4.78 is 4.78. The summed E-state index contributed by atoms with van der Waals surface area (Å²) in [6.45, 7) is 3.70. The molecule has 1 amide bonds. The minimum absolute atomic E-state index is 0.342. The number of nitrogens with one attached hydrogen (secondary N) is 1. The van der Waals surface area contributed by atoms with Gasteiger partial charge in [-0.15, -0.1) is 11.3 Å². The lowest BCUT2D eigenvalue weighted by atomic mass is 10.1. The molecule has 122 valence electrons. The van der Waals surface area contributed by atoms with Gasteiger partial charge in [0, 0.05) is 11.0 Å². The minimum Gasteiger partial charge on any atom is -0.465 e. The molecule has 1 aromatic heterocycles. The van der Waals surface area contributed by atoms with E-state index < -0.39 is 5.97 Å². The summed E-state index contributed by atoms with van der Waals surface area (Å²) in [5, 5.41) is 12.0. The van der Waals surface area contributed by atoms with Crippen molar-refractivity contribution in [1.29, 1.82) is 5.26 Å². The van der Waals surface area contributed by atoms with E-state index in [9.17, 15) is 9.59 Å². The van der Waals surface area contributed by atoms with Crippen LogP contribution >= 0.6 is 11.3 Å². The molecule has 0 bridgehead atoms. The summed E-state index contributed by atoms with van der Waals surface area (Å²) in [6.07, 6.45) is 3.02. The molecule has 0 fully saturated rings. The number of aryl methyl sites for hydroxylation is 1. The largest absolute Gasteiger partial charge is 0.465 e. The van der Waals surface area contributed by atoms with Crippen LogP contribution in [0.5, 0.6) is 0 Å². The zero-order chi connectivity index (χ0) is 17.7. The Balaban J connectivity index is 2.15. The quantitative estimate of drug-likeness (QED) is 0.680. The molecule has 1 heterocycles. The molecule has 2 aromatic rings. The standard InChI is InChI=1S/C18H16N2O3S/c1-11-12(2)24-17(16(11)18(22)23-3)20-15(21)9-8-13-4-6-14(10-19)7-5-13/h4-9H,1-3H3,(H,20,21)/b9-8+. The fourth-order valence-electron chi connectivity index (χ4n) is 2.06. The number of methoxy groups -OCH3 is 1. The van der Waals surface area contributed by atoms with Crippen molar-refractivity contribution < 1.29 is 14.3 Å². The Bertz CT molecular complexity index is 842. The van der Waals surface area contributed by atoms with Gasteiger partial charge < -0.3 is 10.1 Å². The van der Waals surface area contributed by atoms with Crippen molar-refractivity contribution in [1.82, 2.24) is 0 Å². The molecule has 0 spiro atoms. The minimum atomic E-state index is -0.469. The number of thiophene rings is 1. The second-order valence-electron chi connectivity index (χ2n) is 5.04. The van der Waals surface area contributed by atoms with Gasteiger partial charge in [-0.1, -0.05) is 12.1 Å². The van der Waals surface area contributed by atoms with Gasteiger partial charge in [-0.3, -0.25) is 4.79 Å². The number of benzene rings is 1. The number of carbonyl (C=O) groups is 2. The Morgan fingerprint density at radius 1 is 1.25 bits per heavy atom.